The third-order valence-corrected chi connectivity index (χ3v) is 8.36. The average molecular weight is 505 g/mol. The molecule has 0 unspecified atom stereocenters. The van der Waals surface area contributed by atoms with Crippen LogP contribution in [0.5, 0.6) is 11.5 Å². The van der Waals surface area contributed by atoms with Crippen molar-refractivity contribution in [3.63, 3.8) is 0 Å². The van der Waals surface area contributed by atoms with E-state index < -0.39 is 10.0 Å². The van der Waals surface area contributed by atoms with E-state index in [9.17, 15) is 13.2 Å². The number of benzene rings is 2. The van der Waals surface area contributed by atoms with Crippen molar-refractivity contribution in [2.45, 2.75) is 37.3 Å². The number of aryl methyl sites for hydroxylation is 1. The van der Waals surface area contributed by atoms with Crippen LogP contribution in [0.3, 0.4) is 0 Å². The van der Waals surface area contributed by atoms with Gasteiger partial charge in [-0.2, -0.15) is 4.31 Å². The lowest BCUT2D eigenvalue weighted by molar-refractivity contribution is 0.0925. The van der Waals surface area contributed by atoms with Crippen molar-refractivity contribution in [1.29, 1.82) is 0 Å². The number of sulfonamides is 1. The first-order valence-corrected chi connectivity index (χ1v) is 13.0. The molecule has 34 heavy (non-hydrogen) atoms. The van der Waals surface area contributed by atoms with Crippen molar-refractivity contribution in [3.8, 4) is 11.5 Å². The number of hydrogen-bond donors (Lipinski definition) is 1. The van der Waals surface area contributed by atoms with E-state index in [0.29, 0.717) is 47.4 Å². The molecule has 1 aromatic heterocycles. The molecule has 5 rings (SSSR count). The average Bonchev–Trinajstić information content (AvgIpc) is 3.33. The molecule has 3 aromatic rings. The summed E-state index contributed by atoms with van der Waals surface area (Å²) in [7, 11) is -3.94. The fraction of sp³-hybridized carbons (Fsp3) is 0.375. The van der Waals surface area contributed by atoms with Crippen molar-refractivity contribution < 1.29 is 22.6 Å². The zero-order valence-corrected chi connectivity index (χ0v) is 20.2. The van der Waals surface area contributed by atoms with Gasteiger partial charge in [-0.1, -0.05) is 17.7 Å². The number of halogens is 1. The highest BCUT2D eigenvalue weighted by atomic mass is 35.5. The normalized spacial score (nSPS) is 18.0. The van der Waals surface area contributed by atoms with Crippen molar-refractivity contribution in [1.82, 2.24) is 9.29 Å². The van der Waals surface area contributed by atoms with Gasteiger partial charge >= 0.3 is 0 Å². The highest BCUT2D eigenvalue weighted by molar-refractivity contribution is 7.89. The van der Waals surface area contributed by atoms with E-state index in [-0.39, 0.29) is 29.6 Å². The molecule has 1 atom stereocenters. The van der Waals surface area contributed by atoms with Crippen LogP contribution in [0.15, 0.2) is 46.1 Å². The summed E-state index contributed by atoms with van der Waals surface area (Å²) >= 11 is 6.22. The van der Waals surface area contributed by atoms with E-state index in [4.69, 9.17) is 25.8 Å². The van der Waals surface area contributed by atoms with Gasteiger partial charge in [0, 0.05) is 41.7 Å². The molecule has 1 fully saturated rings. The molecule has 3 heterocycles. The maximum absolute atomic E-state index is 13.6. The first-order valence-electron chi connectivity index (χ1n) is 11.1. The third-order valence-electron chi connectivity index (χ3n) is 6.14. The predicted molar refractivity (Wildman–Crippen MR) is 128 cm³/mol. The van der Waals surface area contributed by atoms with Crippen LogP contribution in [-0.4, -0.2) is 50.2 Å². The smallest absolute Gasteiger partial charge is 0.252 e. The Morgan fingerprint density at radius 2 is 1.85 bits per heavy atom. The van der Waals surface area contributed by atoms with Crippen LogP contribution in [0, 0.1) is 6.92 Å². The van der Waals surface area contributed by atoms with Crippen molar-refractivity contribution in [2.75, 3.05) is 26.4 Å². The number of H-pyrrole nitrogens is 1. The number of rotatable bonds is 6. The maximum atomic E-state index is 13.6. The second kappa shape index (κ2) is 9.22. The summed E-state index contributed by atoms with van der Waals surface area (Å²) in [6, 6.07) is 9.88. The number of ether oxygens (including phenoxy) is 3. The zero-order chi connectivity index (χ0) is 23.9. The van der Waals surface area contributed by atoms with Gasteiger partial charge in [-0.05, 0) is 49.6 Å². The standard InChI is InChI=1S/C24H25ClN2O6S/c1-15-4-5-19(11-20(15)25)34(29,30)27(14-18-3-2-6-31-18)13-17-9-16-10-22-23(33-8-7-32-22)12-21(16)26-24(17)28/h4-5,9-12,18H,2-3,6-8,13-14H2,1H3,(H,26,28)/t18-/m1/s1. The number of aromatic amines is 1. The summed E-state index contributed by atoms with van der Waals surface area (Å²) in [6.07, 6.45) is 1.41. The Bertz CT molecular complexity index is 1400. The van der Waals surface area contributed by atoms with Gasteiger partial charge in [0.15, 0.2) is 11.5 Å². The number of fused-ring (bicyclic) bond motifs is 2. The lowest BCUT2D eigenvalue weighted by Crippen LogP contribution is -2.38. The number of hydrogen-bond acceptors (Lipinski definition) is 6. The minimum absolute atomic E-state index is 0.0814. The number of aromatic nitrogens is 1. The van der Waals surface area contributed by atoms with Gasteiger partial charge in [0.25, 0.3) is 5.56 Å². The second-order valence-corrected chi connectivity index (χ2v) is 10.9. The molecule has 0 saturated carbocycles. The molecule has 180 valence electrons. The summed E-state index contributed by atoms with van der Waals surface area (Å²) in [6.45, 7) is 3.34. The Morgan fingerprint density at radius 3 is 2.56 bits per heavy atom. The molecule has 2 aliphatic rings. The van der Waals surface area contributed by atoms with Crippen LogP contribution < -0.4 is 15.0 Å². The van der Waals surface area contributed by atoms with Crippen LogP contribution in [0.25, 0.3) is 10.9 Å². The van der Waals surface area contributed by atoms with Crippen LogP contribution in [0.4, 0.5) is 0 Å². The van der Waals surface area contributed by atoms with Gasteiger partial charge < -0.3 is 19.2 Å². The zero-order valence-electron chi connectivity index (χ0n) is 18.7. The monoisotopic (exact) mass is 504 g/mol. The lowest BCUT2D eigenvalue weighted by Gasteiger charge is -2.25. The fourth-order valence-corrected chi connectivity index (χ4v) is 5.96. The molecule has 2 aromatic carbocycles. The Balaban J connectivity index is 1.53. The van der Waals surface area contributed by atoms with Crippen LogP contribution in [0.1, 0.15) is 24.0 Å². The summed E-state index contributed by atoms with van der Waals surface area (Å²) < 4.78 is 45.5. The van der Waals surface area contributed by atoms with E-state index >= 15 is 0 Å². The molecular formula is C24H25ClN2O6S. The van der Waals surface area contributed by atoms with E-state index in [0.717, 1.165) is 23.8 Å². The molecule has 0 aliphatic carbocycles. The topological polar surface area (TPSA) is 97.9 Å². The van der Waals surface area contributed by atoms with Crippen molar-refractivity contribution in [3.05, 3.63) is 62.9 Å². The minimum Gasteiger partial charge on any atom is -0.486 e. The minimum atomic E-state index is -3.94. The second-order valence-electron chi connectivity index (χ2n) is 8.55. The quantitative estimate of drug-likeness (QED) is 0.550. The largest absolute Gasteiger partial charge is 0.486 e. The Kier molecular flexibility index (Phi) is 6.28. The van der Waals surface area contributed by atoms with E-state index in [1.807, 2.05) is 6.92 Å². The van der Waals surface area contributed by atoms with Gasteiger partial charge in [-0.25, -0.2) is 8.42 Å². The summed E-state index contributed by atoms with van der Waals surface area (Å²) in [5.74, 6) is 1.16. The summed E-state index contributed by atoms with van der Waals surface area (Å²) in [5, 5.41) is 1.10. The molecular weight excluding hydrogens is 480 g/mol. The van der Waals surface area contributed by atoms with Gasteiger partial charge in [0.1, 0.15) is 13.2 Å². The number of nitrogens with zero attached hydrogens (tertiary/aromatic N) is 1. The highest BCUT2D eigenvalue weighted by Gasteiger charge is 2.30. The Morgan fingerprint density at radius 1 is 1.09 bits per heavy atom. The van der Waals surface area contributed by atoms with E-state index in [1.165, 1.54) is 16.4 Å². The number of nitrogens with one attached hydrogen (secondary N) is 1. The fourth-order valence-electron chi connectivity index (χ4n) is 4.24. The first-order chi connectivity index (χ1) is 16.3. The third kappa shape index (κ3) is 4.53. The summed E-state index contributed by atoms with van der Waals surface area (Å²) in [4.78, 5) is 15.9. The Labute approximate surface area is 202 Å². The van der Waals surface area contributed by atoms with Gasteiger partial charge in [0.2, 0.25) is 10.0 Å². The van der Waals surface area contributed by atoms with E-state index in [2.05, 4.69) is 4.98 Å². The molecule has 0 radical (unpaired) electrons. The van der Waals surface area contributed by atoms with Gasteiger partial charge in [0.05, 0.1) is 16.5 Å². The molecule has 1 N–H and O–H groups in total. The molecule has 1 saturated heterocycles. The van der Waals surface area contributed by atoms with Crippen molar-refractivity contribution >= 4 is 32.5 Å². The SMILES string of the molecule is Cc1ccc(S(=O)(=O)N(Cc2cc3cc4c(cc3[nH]c2=O)OCCO4)C[C@H]2CCCO2)cc1Cl. The molecule has 10 heteroatoms. The van der Waals surface area contributed by atoms with E-state index in [1.54, 1.807) is 24.3 Å². The van der Waals surface area contributed by atoms with Crippen LogP contribution in [0.2, 0.25) is 5.02 Å². The Hall–Kier alpha value is -2.59. The first kappa shape index (κ1) is 23.2. The molecule has 2 aliphatic heterocycles. The molecule has 0 bridgehead atoms. The van der Waals surface area contributed by atoms with Crippen LogP contribution in [-0.2, 0) is 21.3 Å². The molecule has 0 amide bonds. The van der Waals surface area contributed by atoms with Crippen LogP contribution >= 0.6 is 11.6 Å². The highest BCUT2D eigenvalue weighted by Crippen LogP contribution is 2.34. The molecule has 8 nitrogen and oxygen atoms in total. The molecule has 0 spiro atoms. The predicted octanol–water partition coefficient (Wildman–Crippen LogP) is 3.63. The van der Waals surface area contributed by atoms with Gasteiger partial charge in [-0.15, -0.1) is 0 Å². The summed E-state index contributed by atoms with van der Waals surface area (Å²) in [5.41, 5.74) is 1.34. The maximum Gasteiger partial charge on any atom is 0.252 e. The van der Waals surface area contributed by atoms with Crippen molar-refractivity contribution in [2.24, 2.45) is 0 Å². The van der Waals surface area contributed by atoms with Gasteiger partial charge in [-0.3, -0.25) is 4.79 Å². The lowest BCUT2D eigenvalue weighted by atomic mass is 10.1. The number of pyridine rings is 1.